The van der Waals surface area contributed by atoms with Gasteiger partial charge < -0.3 is 4.90 Å². The van der Waals surface area contributed by atoms with E-state index in [9.17, 15) is 4.79 Å². The maximum atomic E-state index is 13.3. The molecule has 2 aliphatic rings. The van der Waals surface area contributed by atoms with Gasteiger partial charge in [-0.25, -0.2) is 4.98 Å². The third-order valence-electron chi connectivity index (χ3n) is 5.69. The molecule has 0 spiro atoms. The molecule has 132 valence electrons. The van der Waals surface area contributed by atoms with Crippen molar-refractivity contribution >= 4 is 17.2 Å². The number of carbonyl (C=O) groups excluding carboxylic acids is 1. The summed E-state index contributed by atoms with van der Waals surface area (Å²) < 4.78 is 0. The third-order valence-corrected chi connectivity index (χ3v) is 6.88. The van der Waals surface area contributed by atoms with Crippen LogP contribution < -0.4 is 0 Å². The van der Waals surface area contributed by atoms with E-state index in [-0.39, 0.29) is 11.3 Å². The Balaban J connectivity index is 1.63. The van der Waals surface area contributed by atoms with Gasteiger partial charge in [0.2, 0.25) is 0 Å². The second kappa shape index (κ2) is 5.66. The molecule has 3 nitrogen and oxygen atoms in total. The summed E-state index contributed by atoms with van der Waals surface area (Å²) in [4.78, 5) is 20.9. The molecule has 1 aliphatic carbocycles. The lowest BCUT2D eigenvalue weighted by Gasteiger charge is -2.39. The van der Waals surface area contributed by atoms with Crippen LogP contribution in [-0.2, 0) is 0 Å². The van der Waals surface area contributed by atoms with Crippen LogP contribution in [0.3, 0.4) is 0 Å². The fourth-order valence-corrected chi connectivity index (χ4v) is 6.15. The van der Waals surface area contributed by atoms with Crippen molar-refractivity contribution in [2.45, 2.75) is 53.0 Å². The summed E-state index contributed by atoms with van der Waals surface area (Å²) in [5, 5.41) is 0.940. The first-order chi connectivity index (χ1) is 11.8. The summed E-state index contributed by atoms with van der Waals surface area (Å²) in [6.45, 7) is 9.89. The number of thiazole rings is 1. The maximum Gasteiger partial charge on any atom is 0.266 e. The average molecular weight is 355 g/mol. The summed E-state index contributed by atoms with van der Waals surface area (Å²) in [6.07, 6.45) is 3.46. The molecule has 2 atom stereocenters. The van der Waals surface area contributed by atoms with Crippen LogP contribution in [0, 0.1) is 17.8 Å². The topological polar surface area (TPSA) is 33.2 Å². The Labute approximate surface area is 154 Å². The second-order valence-corrected chi connectivity index (χ2v) is 9.95. The average Bonchev–Trinajstić information content (AvgIpc) is 3.04. The Morgan fingerprint density at radius 2 is 1.92 bits per heavy atom. The molecule has 0 unspecified atom stereocenters. The van der Waals surface area contributed by atoms with E-state index in [1.165, 1.54) is 17.8 Å². The highest BCUT2D eigenvalue weighted by Crippen LogP contribution is 2.53. The largest absolute Gasteiger partial charge is 0.334 e. The number of hydrogen-bond donors (Lipinski definition) is 0. The van der Waals surface area contributed by atoms with Gasteiger partial charge in [-0.2, -0.15) is 0 Å². The summed E-state index contributed by atoms with van der Waals surface area (Å²) in [7, 11) is 0. The van der Waals surface area contributed by atoms with Crippen molar-refractivity contribution in [2.24, 2.45) is 10.8 Å². The van der Waals surface area contributed by atoms with Crippen LogP contribution in [0.2, 0.25) is 0 Å². The standard InChI is InChI=1S/C21H26N2OS/c1-14-17(25-18(22-14)15-8-6-5-7-9-15)19(24)23-13-21(4)11-16(23)10-20(2,3)12-21/h5-9,16H,10-13H2,1-4H3/t16-,21-/m1/s1. The van der Waals surface area contributed by atoms with Gasteiger partial charge in [0.05, 0.1) is 5.69 Å². The molecule has 1 aliphatic heterocycles. The zero-order valence-electron chi connectivity index (χ0n) is 15.5. The smallest absolute Gasteiger partial charge is 0.266 e. The third kappa shape index (κ3) is 3.01. The van der Waals surface area contributed by atoms with E-state index < -0.39 is 0 Å². The molecule has 1 aromatic heterocycles. The minimum absolute atomic E-state index is 0.184. The Hall–Kier alpha value is -1.68. The van der Waals surface area contributed by atoms with Crippen molar-refractivity contribution in [1.29, 1.82) is 0 Å². The van der Waals surface area contributed by atoms with Gasteiger partial charge in [-0.1, -0.05) is 51.1 Å². The lowest BCUT2D eigenvalue weighted by atomic mass is 9.65. The highest BCUT2D eigenvalue weighted by molar-refractivity contribution is 7.17. The van der Waals surface area contributed by atoms with Crippen molar-refractivity contribution in [1.82, 2.24) is 9.88 Å². The van der Waals surface area contributed by atoms with E-state index >= 15 is 0 Å². The first-order valence-corrected chi connectivity index (χ1v) is 9.92. The van der Waals surface area contributed by atoms with E-state index in [0.29, 0.717) is 11.5 Å². The second-order valence-electron chi connectivity index (χ2n) is 8.95. The summed E-state index contributed by atoms with van der Waals surface area (Å²) >= 11 is 1.54. The minimum atomic E-state index is 0.184. The normalized spacial score (nSPS) is 27.5. The number of hydrogen-bond acceptors (Lipinski definition) is 3. The number of fused-ring (bicyclic) bond motifs is 2. The molecule has 25 heavy (non-hydrogen) atoms. The quantitative estimate of drug-likeness (QED) is 0.746. The van der Waals surface area contributed by atoms with E-state index in [0.717, 1.165) is 40.5 Å². The van der Waals surface area contributed by atoms with E-state index in [2.05, 4.69) is 42.8 Å². The number of likely N-dealkylation sites (tertiary alicyclic amines) is 1. The van der Waals surface area contributed by atoms with Crippen molar-refractivity contribution in [3.8, 4) is 10.6 Å². The lowest BCUT2D eigenvalue weighted by molar-refractivity contribution is 0.0712. The van der Waals surface area contributed by atoms with Gasteiger partial charge in [-0.05, 0) is 37.0 Å². The molecule has 1 saturated heterocycles. The molecule has 4 rings (SSSR count). The summed E-state index contributed by atoms with van der Waals surface area (Å²) in [6, 6.07) is 10.5. The van der Waals surface area contributed by atoms with E-state index in [1.54, 1.807) is 0 Å². The Bertz CT molecular complexity index is 811. The number of aryl methyl sites for hydroxylation is 1. The van der Waals surface area contributed by atoms with Gasteiger partial charge in [-0.15, -0.1) is 11.3 Å². The van der Waals surface area contributed by atoms with E-state index in [4.69, 9.17) is 0 Å². The predicted molar refractivity (Wildman–Crippen MR) is 103 cm³/mol. The highest BCUT2D eigenvalue weighted by atomic mass is 32.1. The van der Waals surface area contributed by atoms with Gasteiger partial charge in [0, 0.05) is 18.2 Å². The molecule has 1 amide bonds. The SMILES string of the molecule is Cc1nc(-c2ccccc2)sc1C(=O)N1C[C@]2(C)C[C@H]1CC(C)(C)C2. The number of nitrogens with zero attached hydrogens (tertiary/aromatic N) is 2. The molecule has 0 N–H and O–H groups in total. The molecule has 2 aromatic rings. The molecule has 1 aromatic carbocycles. The van der Waals surface area contributed by atoms with Crippen molar-refractivity contribution < 1.29 is 4.79 Å². The number of carbonyl (C=O) groups is 1. The molecule has 2 heterocycles. The Morgan fingerprint density at radius 3 is 2.64 bits per heavy atom. The molecule has 2 fully saturated rings. The van der Waals surface area contributed by atoms with Crippen LogP contribution in [0.25, 0.3) is 10.6 Å². The zero-order valence-corrected chi connectivity index (χ0v) is 16.3. The van der Waals surface area contributed by atoms with Crippen LogP contribution in [-0.4, -0.2) is 28.4 Å². The number of amides is 1. The summed E-state index contributed by atoms with van der Waals surface area (Å²) in [5.41, 5.74) is 2.54. The molecule has 0 radical (unpaired) electrons. The van der Waals surface area contributed by atoms with Gasteiger partial charge in [0.15, 0.2) is 0 Å². The Kier molecular flexibility index (Phi) is 3.80. The number of rotatable bonds is 2. The summed E-state index contributed by atoms with van der Waals surface area (Å²) in [5.74, 6) is 0.184. The first kappa shape index (κ1) is 16.8. The van der Waals surface area contributed by atoms with Crippen LogP contribution in [0.4, 0.5) is 0 Å². The monoisotopic (exact) mass is 354 g/mol. The van der Waals surface area contributed by atoms with Crippen LogP contribution >= 0.6 is 11.3 Å². The molecule has 4 heteroatoms. The highest BCUT2D eigenvalue weighted by Gasteiger charge is 2.51. The fraction of sp³-hybridized carbons (Fsp3) is 0.524. The maximum absolute atomic E-state index is 13.3. The van der Waals surface area contributed by atoms with Crippen molar-refractivity contribution in [3.05, 3.63) is 40.9 Å². The van der Waals surface area contributed by atoms with Gasteiger partial charge in [0.25, 0.3) is 5.91 Å². The Morgan fingerprint density at radius 1 is 1.20 bits per heavy atom. The van der Waals surface area contributed by atoms with Crippen molar-refractivity contribution in [2.75, 3.05) is 6.54 Å². The lowest BCUT2D eigenvalue weighted by Crippen LogP contribution is -2.37. The van der Waals surface area contributed by atoms with Gasteiger partial charge >= 0.3 is 0 Å². The molecule has 2 bridgehead atoms. The van der Waals surface area contributed by atoms with Crippen LogP contribution in [0.15, 0.2) is 30.3 Å². The first-order valence-electron chi connectivity index (χ1n) is 9.10. The molecular weight excluding hydrogens is 328 g/mol. The zero-order chi connectivity index (χ0) is 17.8. The van der Waals surface area contributed by atoms with Gasteiger partial charge in [-0.3, -0.25) is 4.79 Å². The van der Waals surface area contributed by atoms with Crippen molar-refractivity contribution in [3.63, 3.8) is 0 Å². The minimum Gasteiger partial charge on any atom is -0.334 e. The molecule has 1 saturated carbocycles. The number of aromatic nitrogens is 1. The number of benzene rings is 1. The van der Waals surface area contributed by atoms with E-state index in [1.807, 2.05) is 25.1 Å². The predicted octanol–water partition coefficient (Wildman–Crippen LogP) is 5.16. The van der Waals surface area contributed by atoms with Gasteiger partial charge in [0.1, 0.15) is 9.88 Å². The fourth-order valence-electron chi connectivity index (χ4n) is 5.13. The molecular formula is C21H26N2OS. The van der Waals surface area contributed by atoms with Crippen LogP contribution in [0.1, 0.15) is 55.4 Å². The van der Waals surface area contributed by atoms with Crippen LogP contribution in [0.5, 0.6) is 0 Å².